The molecule has 0 aromatic rings. The zero-order valence-corrected chi connectivity index (χ0v) is 10.8. The van der Waals surface area contributed by atoms with Crippen molar-refractivity contribution in [3.05, 3.63) is 0 Å². The summed E-state index contributed by atoms with van der Waals surface area (Å²) < 4.78 is 0.207. The lowest BCUT2D eigenvalue weighted by molar-refractivity contribution is -0.814. The number of carbonyl (C=O) groups excluding carboxylic acids is 1. The second-order valence-corrected chi connectivity index (χ2v) is 4.02. The lowest BCUT2D eigenvalue weighted by atomic mass is 10.2. The van der Waals surface area contributed by atoms with E-state index in [1.807, 2.05) is 6.92 Å². The van der Waals surface area contributed by atoms with Crippen LogP contribution in [0.3, 0.4) is 0 Å². The van der Waals surface area contributed by atoms with E-state index in [-0.39, 0.29) is 39.2 Å². The van der Waals surface area contributed by atoms with Gasteiger partial charge in [-0.3, -0.25) is 4.48 Å². The number of nitrogens with zero attached hydrogens (tertiary/aromatic N) is 1. The summed E-state index contributed by atoms with van der Waals surface area (Å²) in [6.45, 7) is 2.41. The van der Waals surface area contributed by atoms with E-state index < -0.39 is 0 Å². The van der Waals surface area contributed by atoms with Crippen LogP contribution in [-0.4, -0.2) is 48.0 Å². The molecule has 0 bridgehead atoms. The number of quaternary nitrogens is 1. The molecule has 0 aliphatic rings. The predicted molar refractivity (Wildman–Crippen MR) is 52.1 cm³/mol. The summed E-state index contributed by atoms with van der Waals surface area (Å²) in [5.41, 5.74) is 0. The molecule has 5 heteroatoms. The normalized spacial score (nSPS) is 13.3. The van der Waals surface area contributed by atoms with Gasteiger partial charge in [0.15, 0.2) is 0 Å². The van der Waals surface area contributed by atoms with Gasteiger partial charge in [0.25, 0.3) is 0 Å². The summed E-state index contributed by atoms with van der Waals surface area (Å²) in [6.07, 6.45) is 0.731. The molecule has 0 aliphatic carbocycles. The number of likely N-dealkylation sites (N-methyl/N-ethyl adjacent to an activating group) is 1. The average Bonchev–Trinajstić information content (AvgIpc) is 2.01. The van der Waals surface area contributed by atoms with Gasteiger partial charge in [-0.25, -0.2) is 4.79 Å². The van der Waals surface area contributed by atoms with Crippen LogP contribution in [0, 0.1) is 0 Å². The molecule has 0 fully saturated rings. The Morgan fingerprint density at radius 2 is 2.00 bits per heavy atom. The highest BCUT2D eigenvalue weighted by Gasteiger charge is 2.30. The molecule has 80 valence electrons. The summed E-state index contributed by atoms with van der Waals surface area (Å²) in [7, 11) is 3.58. The van der Waals surface area contributed by atoms with Gasteiger partial charge in [0.05, 0.1) is 20.7 Å². The second-order valence-electron chi connectivity index (χ2n) is 3.39. The molecular weight excluding hydrogens is 254 g/mol. The molecule has 0 rings (SSSR count). The number of carbonyl (C=O) groups is 1. The minimum atomic E-state index is -0.216. The number of hydrogen-bond donors (Lipinski definition) is 2. The molecule has 0 aliphatic heterocycles. The smallest absolute Gasteiger partial charge is 0.326 e. The van der Waals surface area contributed by atoms with Gasteiger partial charge in [-0.15, -0.1) is 0 Å². The molecule has 1 atom stereocenters. The molecule has 1 unspecified atom stereocenters. The Kier molecular flexibility index (Phi) is 8.32. The number of hydrogen-bond acceptors (Lipinski definition) is 3. The molecule has 0 saturated carbocycles. The van der Waals surface area contributed by atoms with Crippen molar-refractivity contribution < 1.29 is 31.4 Å². The zero-order chi connectivity index (χ0) is 9.78. The lowest BCUT2D eigenvalue weighted by Crippen LogP contribution is -3.00. The van der Waals surface area contributed by atoms with E-state index in [1.165, 1.54) is 0 Å². The van der Waals surface area contributed by atoms with Crippen LogP contribution in [0.25, 0.3) is 0 Å². The van der Waals surface area contributed by atoms with Crippen LogP contribution in [0.15, 0.2) is 0 Å². The van der Waals surface area contributed by atoms with E-state index in [9.17, 15) is 4.79 Å². The Hall–Kier alpha value is 0.420. The molecule has 0 heterocycles. The second kappa shape index (κ2) is 6.81. The Morgan fingerprint density at radius 3 is 2.31 bits per heavy atom. The quantitative estimate of drug-likeness (QED) is 0.431. The van der Waals surface area contributed by atoms with Gasteiger partial charge in [-0.2, -0.15) is 12.6 Å². The lowest BCUT2D eigenvalue weighted by Gasteiger charge is -2.27. The van der Waals surface area contributed by atoms with Gasteiger partial charge in [0, 0.05) is 0 Å². The van der Waals surface area contributed by atoms with Crippen molar-refractivity contribution >= 4 is 18.5 Å². The van der Waals surface area contributed by atoms with Crippen molar-refractivity contribution in [2.24, 2.45) is 0 Å². The SMILES string of the molecule is CCC(S)C(=O)[N+](C)(C)CCO.[Br-]. The maximum atomic E-state index is 11.6. The number of aliphatic hydroxyl groups is 1. The third-order valence-corrected chi connectivity index (χ3v) is 2.51. The zero-order valence-electron chi connectivity index (χ0n) is 8.33. The minimum absolute atomic E-state index is 0. The summed E-state index contributed by atoms with van der Waals surface area (Å²) in [5.74, 6) is 0.0647. The monoisotopic (exact) mass is 271 g/mol. The first-order valence-corrected chi connectivity index (χ1v) is 4.63. The minimum Gasteiger partial charge on any atom is -1.00 e. The van der Waals surface area contributed by atoms with Crippen LogP contribution in [0.2, 0.25) is 0 Å². The van der Waals surface area contributed by atoms with Crippen LogP contribution in [0.1, 0.15) is 13.3 Å². The Morgan fingerprint density at radius 1 is 1.54 bits per heavy atom. The maximum Gasteiger partial charge on any atom is 0.326 e. The largest absolute Gasteiger partial charge is 1.00 e. The Bertz CT molecular complexity index is 164. The number of amides is 1. The first-order valence-electron chi connectivity index (χ1n) is 4.12. The number of aliphatic hydroxyl groups excluding tert-OH is 1. The van der Waals surface area contributed by atoms with Crippen molar-refractivity contribution in [1.29, 1.82) is 0 Å². The molecule has 3 nitrogen and oxygen atoms in total. The van der Waals surface area contributed by atoms with Crippen molar-refractivity contribution in [3.63, 3.8) is 0 Å². The van der Waals surface area contributed by atoms with Crippen molar-refractivity contribution in [2.45, 2.75) is 18.6 Å². The molecule has 0 aromatic heterocycles. The number of halogens is 1. The third kappa shape index (κ3) is 5.00. The molecule has 0 radical (unpaired) electrons. The average molecular weight is 272 g/mol. The van der Waals surface area contributed by atoms with Gasteiger partial charge < -0.3 is 22.1 Å². The first kappa shape index (κ1) is 15.9. The topological polar surface area (TPSA) is 37.3 Å². The highest BCUT2D eigenvalue weighted by Crippen LogP contribution is 2.09. The molecule has 1 N–H and O–H groups in total. The summed E-state index contributed by atoms with van der Waals surface area (Å²) in [6, 6.07) is 0. The van der Waals surface area contributed by atoms with Gasteiger partial charge in [0.1, 0.15) is 11.8 Å². The van der Waals surface area contributed by atoms with E-state index in [2.05, 4.69) is 12.6 Å². The van der Waals surface area contributed by atoms with E-state index in [4.69, 9.17) is 5.11 Å². The predicted octanol–water partition coefficient (Wildman–Crippen LogP) is -2.71. The molecule has 1 amide bonds. The molecular formula is C8H18BrNO2S. The van der Waals surface area contributed by atoms with Gasteiger partial charge in [-0.05, 0) is 6.42 Å². The van der Waals surface area contributed by atoms with Crippen LogP contribution in [-0.2, 0) is 4.79 Å². The van der Waals surface area contributed by atoms with E-state index >= 15 is 0 Å². The van der Waals surface area contributed by atoms with E-state index in [0.717, 1.165) is 6.42 Å². The van der Waals surface area contributed by atoms with Crippen LogP contribution in [0.4, 0.5) is 0 Å². The van der Waals surface area contributed by atoms with Gasteiger partial charge in [-0.1, -0.05) is 6.92 Å². The highest BCUT2D eigenvalue weighted by molar-refractivity contribution is 7.81. The number of thiol groups is 1. The Balaban J connectivity index is 0. The van der Waals surface area contributed by atoms with Crippen LogP contribution < -0.4 is 17.0 Å². The van der Waals surface area contributed by atoms with Crippen LogP contribution >= 0.6 is 12.6 Å². The van der Waals surface area contributed by atoms with Crippen molar-refractivity contribution in [3.8, 4) is 0 Å². The van der Waals surface area contributed by atoms with E-state index in [1.54, 1.807) is 14.1 Å². The number of rotatable bonds is 4. The molecule has 0 spiro atoms. The maximum absolute atomic E-state index is 11.6. The first-order chi connectivity index (χ1) is 5.45. The van der Waals surface area contributed by atoms with E-state index in [0.29, 0.717) is 6.54 Å². The van der Waals surface area contributed by atoms with Gasteiger partial charge >= 0.3 is 5.91 Å². The van der Waals surface area contributed by atoms with Crippen LogP contribution in [0.5, 0.6) is 0 Å². The fraction of sp³-hybridized carbons (Fsp3) is 0.875. The van der Waals surface area contributed by atoms with Crippen molar-refractivity contribution in [1.82, 2.24) is 0 Å². The fourth-order valence-electron chi connectivity index (χ4n) is 0.938. The third-order valence-electron chi connectivity index (χ3n) is 1.93. The fourth-order valence-corrected chi connectivity index (χ4v) is 1.25. The Labute approximate surface area is 95.9 Å². The molecule has 13 heavy (non-hydrogen) atoms. The summed E-state index contributed by atoms with van der Waals surface area (Å²) in [4.78, 5) is 11.6. The standard InChI is InChI=1S/C8H17NO2S.BrH/c1-4-7(12)8(11)9(2,3)5-6-10;/h7,10H,4-6H2,1-3H3;1H. The van der Waals surface area contributed by atoms with Gasteiger partial charge in [0.2, 0.25) is 0 Å². The molecule has 0 saturated heterocycles. The molecule has 0 aromatic carbocycles. The van der Waals surface area contributed by atoms with Crippen molar-refractivity contribution in [2.75, 3.05) is 27.2 Å². The highest BCUT2D eigenvalue weighted by atomic mass is 79.9. The summed E-state index contributed by atoms with van der Waals surface area (Å²) in [5, 5.41) is 8.50. The summed E-state index contributed by atoms with van der Waals surface area (Å²) >= 11 is 4.16.